The smallest absolute Gasteiger partial charge is 0.00897 e. The van der Waals surface area contributed by atoms with Crippen LogP contribution in [0.1, 0.15) is 53.9 Å². The number of nitrogens with zero attached hydrogens (tertiary/aromatic N) is 1. The third-order valence-electron chi connectivity index (χ3n) is 3.33. The van der Waals surface area contributed by atoms with Crippen LogP contribution in [0.3, 0.4) is 0 Å². The predicted octanol–water partition coefficient (Wildman–Crippen LogP) is 2.88. The molecule has 1 unspecified atom stereocenters. The molecule has 0 aromatic carbocycles. The maximum atomic E-state index is 3.48. The second kappa shape index (κ2) is 8.12. The zero-order chi connectivity index (χ0) is 11.8. The van der Waals surface area contributed by atoms with Crippen LogP contribution < -0.4 is 5.32 Å². The largest absolute Gasteiger partial charge is 0.314 e. The lowest BCUT2D eigenvalue weighted by Crippen LogP contribution is -2.40. The molecule has 0 bridgehead atoms. The highest BCUT2D eigenvalue weighted by atomic mass is 15.2. The van der Waals surface area contributed by atoms with Gasteiger partial charge in [0, 0.05) is 18.1 Å². The second-order valence-corrected chi connectivity index (χ2v) is 4.88. The molecule has 0 saturated carbocycles. The number of rotatable bonds is 8. The number of nitrogens with one attached hydrogen (secondary N) is 1. The summed E-state index contributed by atoms with van der Waals surface area (Å²) >= 11 is 0. The first-order valence-electron chi connectivity index (χ1n) is 6.48. The van der Waals surface area contributed by atoms with Gasteiger partial charge in [-0.1, -0.05) is 27.7 Å². The molecule has 0 radical (unpaired) electrons. The Morgan fingerprint density at radius 2 is 1.60 bits per heavy atom. The van der Waals surface area contributed by atoms with Crippen LogP contribution in [-0.4, -0.2) is 36.6 Å². The first kappa shape index (κ1) is 14.9. The molecule has 1 N–H and O–H groups in total. The minimum Gasteiger partial charge on any atom is -0.314 e. The summed E-state index contributed by atoms with van der Waals surface area (Å²) < 4.78 is 0. The molecule has 0 saturated heterocycles. The molecule has 15 heavy (non-hydrogen) atoms. The fourth-order valence-electron chi connectivity index (χ4n) is 2.01. The van der Waals surface area contributed by atoms with E-state index >= 15 is 0 Å². The van der Waals surface area contributed by atoms with E-state index in [4.69, 9.17) is 0 Å². The third-order valence-corrected chi connectivity index (χ3v) is 3.33. The van der Waals surface area contributed by atoms with Crippen molar-refractivity contribution in [3.63, 3.8) is 0 Å². The maximum absolute atomic E-state index is 3.48. The normalized spacial score (nSPS) is 14.2. The van der Waals surface area contributed by atoms with Crippen molar-refractivity contribution < 1.29 is 0 Å². The van der Waals surface area contributed by atoms with Gasteiger partial charge in [-0.2, -0.15) is 0 Å². The lowest BCUT2D eigenvalue weighted by molar-refractivity contribution is 0.166. The van der Waals surface area contributed by atoms with E-state index in [2.05, 4.69) is 51.9 Å². The van der Waals surface area contributed by atoms with Crippen LogP contribution in [0.25, 0.3) is 0 Å². The Hall–Kier alpha value is -0.0800. The molecule has 2 nitrogen and oxygen atoms in total. The molecular weight excluding hydrogens is 184 g/mol. The highest BCUT2D eigenvalue weighted by molar-refractivity contribution is 4.72. The van der Waals surface area contributed by atoms with E-state index in [0.717, 1.165) is 12.6 Å². The van der Waals surface area contributed by atoms with Crippen molar-refractivity contribution in [2.75, 3.05) is 13.6 Å². The van der Waals surface area contributed by atoms with E-state index in [1.807, 2.05) is 0 Å². The molecule has 2 heteroatoms. The summed E-state index contributed by atoms with van der Waals surface area (Å²) in [6, 6.07) is 2.04. The highest BCUT2D eigenvalue weighted by Gasteiger charge is 2.16. The number of hydrogen-bond donors (Lipinski definition) is 1. The van der Waals surface area contributed by atoms with Gasteiger partial charge in [-0.05, 0) is 39.8 Å². The van der Waals surface area contributed by atoms with Crippen molar-refractivity contribution in [3.05, 3.63) is 0 Å². The van der Waals surface area contributed by atoms with Crippen LogP contribution in [0, 0.1) is 0 Å². The fraction of sp³-hybridized carbons (Fsp3) is 1.00. The Balaban J connectivity index is 3.81. The van der Waals surface area contributed by atoms with Gasteiger partial charge in [-0.3, -0.25) is 0 Å². The fourth-order valence-corrected chi connectivity index (χ4v) is 2.01. The molecule has 0 heterocycles. The van der Waals surface area contributed by atoms with Crippen molar-refractivity contribution in [3.8, 4) is 0 Å². The summed E-state index contributed by atoms with van der Waals surface area (Å²) in [6.07, 6.45) is 3.76. The summed E-state index contributed by atoms with van der Waals surface area (Å²) in [5.41, 5.74) is 0. The molecule has 0 aliphatic carbocycles. The lowest BCUT2D eigenvalue weighted by atomic mass is 10.1. The molecule has 1 atom stereocenters. The Bertz CT molecular complexity index is 141. The average Bonchev–Trinajstić information content (AvgIpc) is 2.18. The topological polar surface area (TPSA) is 15.3 Å². The van der Waals surface area contributed by atoms with Crippen molar-refractivity contribution in [1.29, 1.82) is 0 Å². The first-order chi connectivity index (χ1) is 7.02. The summed E-state index contributed by atoms with van der Waals surface area (Å²) in [7, 11) is 2.26. The molecule has 0 aliphatic heterocycles. The van der Waals surface area contributed by atoms with E-state index in [9.17, 15) is 0 Å². The Kier molecular flexibility index (Phi) is 8.07. The standard InChI is InChI=1S/C13H30N2/c1-7-13(8-2)15(6)12(5)9-10-14-11(3)4/h11-14H,7-10H2,1-6H3. The van der Waals surface area contributed by atoms with Crippen molar-refractivity contribution >= 4 is 0 Å². The molecule has 0 amide bonds. The molecule has 0 aromatic rings. The second-order valence-electron chi connectivity index (χ2n) is 4.88. The van der Waals surface area contributed by atoms with E-state index in [0.29, 0.717) is 12.1 Å². The lowest BCUT2D eigenvalue weighted by Gasteiger charge is -2.32. The van der Waals surface area contributed by atoms with Crippen molar-refractivity contribution in [1.82, 2.24) is 10.2 Å². The van der Waals surface area contributed by atoms with Crippen LogP contribution >= 0.6 is 0 Å². The molecule has 92 valence electrons. The van der Waals surface area contributed by atoms with Gasteiger partial charge in [0.1, 0.15) is 0 Å². The van der Waals surface area contributed by atoms with Crippen LogP contribution in [0.2, 0.25) is 0 Å². The molecule has 0 spiro atoms. The Labute approximate surface area is 96.4 Å². The Morgan fingerprint density at radius 3 is 2.00 bits per heavy atom. The van der Waals surface area contributed by atoms with E-state index < -0.39 is 0 Å². The van der Waals surface area contributed by atoms with Crippen LogP contribution in [0.4, 0.5) is 0 Å². The van der Waals surface area contributed by atoms with Crippen LogP contribution in [0.15, 0.2) is 0 Å². The average molecular weight is 214 g/mol. The van der Waals surface area contributed by atoms with Crippen molar-refractivity contribution in [2.45, 2.75) is 72.0 Å². The van der Waals surface area contributed by atoms with E-state index in [1.165, 1.54) is 19.3 Å². The minimum absolute atomic E-state index is 0.607. The summed E-state index contributed by atoms with van der Waals surface area (Å²) in [4.78, 5) is 2.53. The van der Waals surface area contributed by atoms with Crippen LogP contribution in [0.5, 0.6) is 0 Å². The van der Waals surface area contributed by atoms with Crippen LogP contribution in [-0.2, 0) is 0 Å². The summed E-state index contributed by atoms with van der Waals surface area (Å²) in [5.74, 6) is 0. The highest BCUT2D eigenvalue weighted by Crippen LogP contribution is 2.11. The molecule has 0 fully saturated rings. The monoisotopic (exact) mass is 214 g/mol. The zero-order valence-electron chi connectivity index (χ0n) is 11.5. The molecular formula is C13H30N2. The zero-order valence-corrected chi connectivity index (χ0v) is 11.5. The maximum Gasteiger partial charge on any atom is 0.00897 e. The van der Waals surface area contributed by atoms with Gasteiger partial charge in [0.2, 0.25) is 0 Å². The molecule has 0 rings (SSSR count). The van der Waals surface area contributed by atoms with Gasteiger partial charge >= 0.3 is 0 Å². The first-order valence-corrected chi connectivity index (χ1v) is 6.48. The van der Waals surface area contributed by atoms with Crippen molar-refractivity contribution in [2.24, 2.45) is 0 Å². The minimum atomic E-state index is 0.607. The van der Waals surface area contributed by atoms with E-state index in [1.54, 1.807) is 0 Å². The SMILES string of the molecule is CCC(CC)N(C)C(C)CCNC(C)C. The van der Waals surface area contributed by atoms with Gasteiger partial charge < -0.3 is 10.2 Å². The van der Waals surface area contributed by atoms with Gasteiger partial charge in [-0.15, -0.1) is 0 Å². The van der Waals surface area contributed by atoms with Gasteiger partial charge in [0.25, 0.3) is 0 Å². The number of hydrogen-bond acceptors (Lipinski definition) is 2. The summed E-state index contributed by atoms with van der Waals surface area (Å²) in [5, 5.41) is 3.48. The third kappa shape index (κ3) is 6.16. The van der Waals surface area contributed by atoms with Gasteiger partial charge in [-0.25, -0.2) is 0 Å². The quantitative estimate of drug-likeness (QED) is 0.668. The summed E-state index contributed by atoms with van der Waals surface area (Å²) in [6.45, 7) is 12.4. The Morgan fingerprint density at radius 1 is 1.07 bits per heavy atom. The molecule has 0 aromatic heterocycles. The van der Waals surface area contributed by atoms with Gasteiger partial charge in [0.15, 0.2) is 0 Å². The molecule has 0 aliphatic rings. The predicted molar refractivity (Wildman–Crippen MR) is 69.4 cm³/mol. The van der Waals surface area contributed by atoms with Gasteiger partial charge in [0.05, 0.1) is 0 Å². The van der Waals surface area contributed by atoms with E-state index in [-0.39, 0.29) is 0 Å².